The van der Waals surface area contributed by atoms with Crippen LogP contribution < -0.4 is 5.43 Å². The summed E-state index contributed by atoms with van der Waals surface area (Å²) in [5.74, 6) is 0.00844. The molecule has 0 saturated carbocycles. The molecule has 3 aromatic rings. The summed E-state index contributed by atoms with van der Waals surface area (Å²) in [5, 5.41) is 2.03. The predicted octanol–water partition coefficient (Wildman–Crippen LogP) is 3.06. The Hall–Kier alpha value is -3.02. The first-order valence-corrected chi connectivity index (χ1v) is 10.1. The first kappa shape index (κ1) is 19.3. The van der Waals surface area contributed by atoms with Gasteiger partial charge in [-0.05, 0) is 22.8 Å². The van der Waals surface area contributed by atoms with Crippen molar-refractivity contribution in [3.8, 4) is 0 Å². The summed E-state index contributed by atoms with van der Waals surface area (Å²) in [4.78, 5) is 18.9. The van der Waals surface area contributed by atoms with Crippen LogP contribution in [0.1, 0.15) is 22.7 Å². The largest absolute Gasteiger partial charge is 0.290 e. The number of amides is 1. The van der Waals surface area contributed by atoms with Gasteiger partial charge in [-0.1, -0.05) is 66.7 Å². The Morgan fingerprint density at radius 2 is 1.48 bits per heavy atom. The average Bonchev–Trinajstić information content (AvgIpc) is 2.77. The fourth-order valence-corrected chi connectivity index (χ4v) is 3.88. The van der Waals surface area contributed by atoms with Crippen molar-refractivity contribution in [1.29, 1.82) is 0 Å². The van der Waals surface area contributed by atoms with Gasteiger partial charge in [-0.25, -0.2) is 5.01 Å². The third-order valence-electron chi connectivity index (χ3n) is 5.28. The normalized spacial score (nSPS) is 15.3. The van der Waals surface area contributed by atoms with E-state index in [0.29, 0.717) is 6.42 Å². The number of hydrogen-bond acceptors (Lipinski definition) is 4. The Bertz CT molecular complexity index is 854. The summed E-state index contributed by atoms with van der Waals surface area (Å²) in [7, 11) is 0. The van der Waals surface area contributed by atoms with Crippen LogP contribution in [0.15, 0.2) is 85.2 Å². The molecule has 1 aromatic heterocycles. The minimum absolute atomic E-state index is 0.00844. The molecule has 2 aromatic carbocycles. The van der Waals surface area contributed by atoms with Gasteiger partial charge in [0.1, 0.15) is 0 Å². The Morgan fingerprint density at radius 1 is 0.862 bits per heavy atom. The monoisotopic (exact) mass is 386 g/mol. The van der Waals surface area contributed by atoms with E-state index in [1.807, 2.05) is 17.1 Å². The Balaban J connectivity index is 1.39. The summed E-state index contributed by atoms with van der Waals surface area (Å²) < 4.78 is 0. The summed E-state index contributed by atoms with van der Waals surface area (Å²) in [5.41, 5.74) is 6.57. The molecular weight excluding hydrogens is 360 g/mol. The zero-order chi connectivity index (χ0) is 19.9. The number of hydrazine groups is 1. The number of carbonyl (C=O) groups excluding carboxylic acids is 1. The van der Waals surface area contributed by atoms with Crippen LogP contribution in [-0.4, -0.2) is 47.0 Å². The number of rotatable bonds is 6. The van der Waals surface area contributed by atoms with Crippen molar-refractivity contribution >= 4 is 5.91 Å². The third kappa shape index (κ3) is 5.08. The fraction of sp³-hybridized carbons (Fsp3) is 0.250. The zero-order valence-corrected chi connectivity index (χ0v) is 16.4. The highest BCUT2D eigenvalue weighted by molar-refractivity contribution is 5.77. The molecule has 0 unspecified atom stereocenters. The van der Waals surface area contributed by atoms with Crippen molar-refractivity contribution < 1.29 is 4.79 Å². The molecule has 1 amide bonds. The molecule has 1 aliphatic heterocycles. The second-order valence-corrected chi connectivity index (χ2v) is 7.32. The van der Waals surface area contributed by atoms with Crippen LogP contribution in [0, 0.1) is 0 Å². The number of nitrogens with one attached hydrogen (secondary N) is 1. The molecule has 1 N–H and O–H groups in total. The second kappa shape index (κ2) is 9.45. The second-order valence-electron chi connectivity index (χ2n) is 7.32. The molecule has 5 nitrogen and oxygen atoms in total. The molecule has 0 bridgehead atoms. The van der Waals surface area contributed by atoms with E-state index in [0.717, 1.165) is 31.7 Å². The maximum Gasteiger partial charge on any atom is 0.238 e. The zero-order valence-electron chi connectivity index (χ0n) is 16.4. The van der Waals surface area contributed by atoms with E-state index in [1.54, 1.807) is 12.4 Å². The van der Waals surface area contributed by atoms with E-state index in [-0.39, 0.29) is 11.9 Å². The summed E-state index contributed by atoms with van der Waals surface area (Å²) >= 11 is 0. The van der Waals surface area contributed by atoms with Gasteiger partial charge in [-0.15, -0.1) is 0 Å². The maximum atomic E-state index is 12.3. The highest BCUT2D eigenvalue weighted by atomic mass is 16.2. The van der Waals surface area contributed by atoms with Crippen molar-refractivity contribution in [1.82, 2.24) is 20.3 Å². The smallest absolute Gasteiger partial charge is 0.238 e. The van der Waals surface area contributed by atoms with E-state index >= 15 is 0 Å². The van der Waals surface area contributed by atoms with Crippen LogP contribution in [0.25, 0.3) is 0 Å². The highest BCUT2D eigenvalue weighted by Crippen LogP contribution is 2.29. The molecular formula is C24H26N4O. The van der Waals surface area contributed by atoms with Crippen LogP contribution in [-0.2, 0) is 11.2 Å². The lowest BCUT2D eigenvalue weighted by Crippen LogP contribution is -2.54. The Labute approximate surface area is 172 Å². The quantitative estimate of drug-likeness (QED) is 0.707. The van der Waals surface area contributed by atoms with Crippen LogP contribution in [0.2, 0.25) is 0 Å². The van der Waals surface area contributed by atoms with Gasteiger partial charge in [0.25, 0.3) is 0 Å². The molecule has 1 saturated heterocycles. The summed E-state index contributed by atoms with van der Waals surface area (Å²) in [6.07, 6.45) is 3.81. The van der Waals surface area contributed by atoms with Crippen LogP contribution in [0.4, 0.5) is 0 Å². The summed E-state index contributed by atoms with van der Waals surface area (Å²) in [6.45, 7) is 3.38. The number of pyridine rings is 1. The van der Waals surface area contributed by atoms with Crippen LogP contribution in [0.5, 0.6) is 0 Å². The van der Waals surface area contributed by atoms with Gasteiger partial charge in [-0.3, -0.25) is 20.1 Å². The lowest BCUT2D eigenvalue weighted by Gasteiger charge is -2.39. The topological polar surface area (TPSA) is 48.5 Å². The lowest BCUT2D eigenvalue weighted by molar-refractivity contribution is -0.126. The highest BCUT2D eigenvalue weighted by Gasteiger charge is 2.26. The standard InChI is InChI=1S/C24H26N4O/c29-23(18-20-8-7-13-25-19-20)26-28-16-14-27(15-17-28)24(21-9-3-1-4-10-21)22-11-5-2-6-12-22/h1-13,19,24H,14-18H2,(H,26,29). The van der Waals surface area contributed by atoms with Crippen LogP contribution >= 0.6 is 0 Å². The predicted molar refractivity (Wildman–Crippen MR) is 114 cm³/mol. The van der Waals surface area contributed by atoms with Gasteiger partial charge in [0.15, 0.2) is 0 Å². The molecule has 4 rings (SSSR count). The van der Waals surface area contributed by atoms with Gasteiger partial charge in [0, 0.05) is 38.6 Å². The number of hydrogen-bond donors (Lipinski definition) is 1. The molecule has 29 heavy (non-hydrogen) atoms. The van der Waals surface area contributed by atoms with Gasteiger partial charge in [0.2, 0.25) is 5.91 Å². The minimum Gasteiger partial charge on any atom is -0.290 e. The number of piperazine rings is 1. The van der Waals surface area contributed by atoms with Crippen molar-refractivity contribution in [2.24, 2.45) is 0 Å². The first-order chi connectivity index (χ1) is 14.3. The van der Waals surface area contributed by atoms with E-state index in [9.17, 15) is 4.79 Å². The Kier molecular flexibility index (Phi) is 6.29. The Morgan fingerprint density at radius 3 is 2.03 bits per heavy atom. The third-order valence-corrected chi connectivity index (χ3v) is 5.28. The van der Waals surface area contributed by atoms with E-state index in [4.69, 9.17) is 0 Å². The van der Waals surface area contributed by atoms with Crippen LogP contribution in [0.3, 0.4) is 0 Å². The minimum atomic E-state index is 0.00844. The van der Waals surface area contributed by atoms with Crippen molar-refractivity contribution in [3.05, 3.63) is 102 Å². The van der Waals surface area contributed by atoms with Gasteiger partial charge >= 0.3 is 0 Å². The molecule has 0 radical (unpaired) electrons. The maximum absolute atomic E-state index is 12.3. The van der Waals surface area contributed by atoms with Gasteiger partial charge in [-0.2, -0.15) is 0 Å². The molecule has 148 valence electrons. The number of aromatic nitrogens is 1. The average molecular weight is 386 g/mol. The number of nitrogens with zero attached hydrogens (tertiary/aromatic N) is 3. The molecule has 0 spiro atoms. The lowest BCUT2D eigenvalue weighted by atomic mass is 9.96. The number of carbonyl (C=O) groups is 1. The van der Waals surface area contributed by atoms with E-state index in [1.165, 1.54) is 11.1 Å². The molecule has 2 heterocycles. The molecule has 0 aliphatic carbocycles. The number of benzene rings is 2. The molecule has 1 fully saturated rings. The van der Waals surface area contributed by atoms with Gasteiger partial charge in [0.05, 0.1) is 12.5 Å². The fourth-order valence-electron chi connectivity index (χ4n) is 3.88. The van der Waals surface area contributed by atoms with E-state index < -0.39 is 0 Å². The van der Waals surface area contributed by atoms with E-state index in [2.05, 4.69) is 76.0 Å². The summed E-state index contributed by atoms with van der Waals surface area (Å²) in [6, 6.07) is 25.3. The van der Waals surface area contributed by atoms with Crippen molar-refractivity contribution in [3.63, 3.8) is 0 Å². The molecule has 0 atom stereocenters. The van der Waals surface area contributed by atoms with Crippen molar-refractivity contribution in [2.45, 2.75) is 12.5 Å². The van der Waals surface area contributed by atoms with Crippen molar-refractivity contribution in [2.75, 3.05) is 26.2 Å². The molecule has 1 aliphatic rings. The first-order valence-electron chi connectivity index (χ1n) is 10.1. The molecule has 5 heteroatoms. The van der Waals surface area contributed by atoms with Gasteiger partial charge < -0.3 is 0 Å². The SMILES string of the molecule is O=C(Cc1cccnc1)NN1CCN(C(c2ccccc2)c2ccccc2)CC1.